The fourth-order valence-electron chi connectivity index (χ4n) is 3.66. The number of hydrogen-bond donors (Lipinski definition) is 0. The molecule has 154 valence electrons. The third-order valence-corrected chi connectivity index (χ3v) is 5.16. The lowest BCUT2D eigenvalue weighted by atomic mass is 9.80. The maximum Gasteiger partial charge on any atom is 0.416 e. The molecule has 29 heavy (non-hydrogen) atoms. The Morgan fingerprint density at radius 1 is 0.931 bits per heavy atom. The molecule has 0 amide bonds. The second-order valence-corrected chi connectivity index (χ2v) is 7.43. The van der Waals surface area contributed by atoms with Crippen LogP contribution in [0.25, 0.3) is 0 Å². The standard InChI is InChI=1S/C21H19F6N2/c1-19(2)16-6-4-5-7-17(16)29(3)18(19)8-9-28-15-11-13(20(22,23)24)10-14(12-15)21(25,26)27/h4-7,9-12H,8H2,1-3H3/q+1. The molecular formula is C21H19F6N2+. The summed E-state index contributed by atoms with van der Waals surface area (Å²) in [5, 5.41) is 0. The highest BCUT2D eigenvalue weighted by Gasteiger charge is 2.43. The van der Waals surface area contributed by atoms with Crippen molar-refractivity contribution in [2.24, 2.45) is 4.99 Å². The lowest BCUT2D eigenvalue weighted by Gasteiger charge is -2.16. The van der Waals surface area contributed by atoms with Gasteiger partial charge in [0.15, 0.2) is 5.71 Å². The molecule has 0 spiro atoms. The third kappa shape index (κ3) is 4.06. The quantitative estimate of drug-likeness (QED) is 0.309. The summed E-state index contributed by atoms with van der Waals surface area (Å²) in [4.78, 5) is 3.91. The van der Waals surface area contributed by atoms with Gasteiger partial charge in [-0.3, -0.25) is 4.99 Å². The van der Waals surface area contributed by atoms with Gasteiger partial charge in [0, 0.05) is 17.8 Å². The van der Waals surface area contributed by atoms with E-state index in [0.29, 0.717) is 12.1 Å². The minimum Gasteiger partial charge on any atom is -0.261 e. The van der Waals surface area contributed by atoms with Gasteiger partial charge < -0.3 is 0 Å². The van der Waals surface area contributed by atoms with Crippen LogP contribution in [0.5, 0.6) is 0 Å². The first-order valence-electron chi connectivity index (χ1n) is 8.83. The van der Waals surface area contributed by atoms with Gasteiger partial charge in [-0.1, -0.05) is 18.2 Å². The fraction of sp³-hybridized carbons (Fsp3) is 0.333. The molecule has 0 bridgehead atoms. The van der Waals surface area contributed by atoms with E-state index in [0.717, 1.165) is 17.0 Å². The number of para-hydroxylation sites is 1. The molecule has 1 aliphatic rings. The zero-order valence-electron chi connectivity index (χ0n) is 16.0. The number of nitrogens with zero attached hydrogens (tertiary/aromatic N) is 2. The van der Waals surface area contributed by atoms with Gasteiger partial charge in [0.25, 0.3) is 0 Å². The highest BCUT2D eigenvalue weighted by atomic mass is 19.4. The van der Waals surface area contributed by atoms with Crippen LogP contribution in [-0.4, -0.2) is 23.5 Å². The average molecular weight is 413 g/mol. The van der Waals surface area contributed by atoms with E-state index in [1.54, 1.807) is 0 Å². The van der Waals surface area contributed by atoms with Crippen LogP contribution in [0, 0.1) is 0 Å². The molecule has 0 unspecified atom stereocenters. The molecule has 0 saturated heterocycles. The summed E-state index contributed by atoms with van der Waals surface area (Å²) in [6, 6.07) is 9.13. The van der Waals surface area contributed by atoms with E-state index in [9.17, 15) is 26.3 Å². The molecule has 1 aliphatic heterocycles. The van der Waals surface area contributed by atoms with Gasteiger partial charge in [0.05, 0.1) is 28.7 Å². The first-order valence-corrected chi connectivity index (χ1v) is 8.83. The second kappa shape index (κ2) is 7.00. The molecule has 0 aliphatic carbocycles. The van der Waals surface area contributed by atoms with Gasteiger partial charge >= 0.3 is 12.4 Å². The zero-order chi connectivity index (χ0) is 21.6. The van der Waals surface area contributed by atoms with Crippen LogP contribution in [0.2, 0.25) is 0 Å². The summed E-state index contributed by atoms with van der Waals surface area (Å²) in [5.41, 5.74) is -0.406. The molecule has 0 N–H and O–H groups in total. The van der Waals surface area contributed by atoms with Crippen LogP contribution in [0.4, 0.5) is 37.7 Å². The number of fused-ring (bicyclic) bond motifs is 1. The molecule has 8 heteroatoms. The Morgan fingerprint density at radius 2 is 1.48 bits per heavy atom. The predicted molar refractivity (Wildman–Crippen MR) is 99.5 cm³/mol. The maximum absolute atomic E-state index is 13.0. The van der Waals surface area contributed by atoms with Crippen molar-refractivity contribution >= 4 is 23.3 Å². The lowest BCUT2D eigenvalue weighted by Crippen LogP contribution is -2.28. The minimum atomic E-state index is -4.89. The molecular weight excluding hydrogens is 394 g/mol. The first-order chi connectivity index (χ1) is 13.3. The average Bonchev–Trinajstić information content (AvgIpc) is 2.81. The van der Waals surface area contributed by atoms with Crippen molar-refractivity contribution in [1.82, 2.24) is 0 Å². The van der Waals surface area contributed by atoms with Crippen molar-refractivity contribution in [1.29, 1.82) is 0 Å². The van der Waals surface area contributed by atoms with Crippen LogP contribution in [0.3, 0.4) is 0 Å². The molecule has 1 heterocycles. The van der Waals surface area contributed by atoms with Crippen LogP contribution in [0.1, 0.15) is 37.0 Å². The monoisotopic (exact) mass is 413 g/mol. The SMILES string of the molecule is C[N+]1=C(CC=Nc2cc(C(F)(F)F)cc(C(F)(F)F)c2)C(C)(C)c2ccccc21. The van der Waals surface area contributed by atoms with Gasteiger partial charge in [-0.2, -0.15) is 26.3 Å². The maximum atomic E-state index is 13.0. The van der Waals surface area contributed by atoms with Gasteiger partial charge in [0.1, 0.15) is 7.05 Å². The van der Waals surface area contributed by atoms with Crippen molar-refractivity contribution in [3.8, 4) is 0 Å². The molecule has 2 aromatic carbocycles. The van der Waals surface area contributed by atoms with E-state index in [1.165, 1.54) is 6.21 Å². The van der Waals surface area contributed by atoms with Crippen molar-refractivity contribution in [2.75, 3.05) is 7.05 Å². The van der Waals surface area contributed by atoms with E-state index in [2.05, 4.69) is 4.99 Å². The Labute approximate surface area is 164 Å². The molecule has 3 rings (SSSR count). The summed E-state index contributed by atoms with van der Waals surface area (Å²) in [5.74, 6) is 0. The molecule has 0 atom stereocenters. The van der Waals surface area contributed by atoms with Gasteiger partial charge in [-0.25, -0.2) is 4.58 Å². The summed E-state index contributed by atoms with van der Waals surface area (Å²) in [6.45, 7) is 4.04. The van der Waals surface area contributed by atoms with E-state index >= 15 is 0 Å². The largest absolute Gasteiger partial charge is 0.416 e. The predicted octanol–water partition coefficient (Wildman–Crippen LogP) is 6.52. The number of hydrogen-bond acceptors (Lipinski definition) is 1. The highest BCUT2D eigenvalue weighted by Crippen LogP contribution is 2.40. The lowest BCUT2D eigenvalue weighted by molar-refractivity contribution is -0.403. The molecule has 0 fully saturated rings. The number of aliphatic imine (C=N–C) groups is 1. The Bertz CT molecular complexity index is 965. The van der Waals surface area contributed by atoms with E-state index < -0.39 is 23.5 Å². The zero-order valence-corrected chi connectivity index (χ0v) is 16.0. The minimum absolute atomic E-state index is 0.0955. The number of rotatable bonds is 3. The van der Waals surface area contributed by atoms with Crippen molar-refractivity contribution in [3.63, 3.8) is 0 Å². The Hall–Kier alpha value is -2.64. The van der Waals surface area contributed by atoms with Gasteiger partial charge in [0.2, 0.25) is 5.69 Å². The summed E-state index contributed by atoms with van der Waals surface area (Å²) in [6.07, 6.45) is -8.14. The van der Waals surface area contributed by atoms with E-state index in [4.69, 9.17) is 0 Å². The number of alkyl halides is 6. The van der Waals surface area contributed by atoms with E-state index in [1.807, 2.05) is 49.7 Å². The van der Waals surface area contributed by atoms with Crippen LogP contribution >= 0.6 is 0 Å². The molecule has 0 saturated carbocycles. The Kier molecular flexibility index (Phi) is 5.09. The van der Waals surface area contributed by atoms with Crippen molar-refractivity contribution in [3.05, 3.63) is 59.2 Å². The summed E-state index contributed by atoms with van der Waals surface area (Å²) in [7, 11) is 1.88. The van der Waals surface area contributed by atoms with Crippen LogP contribution < -0.4 is 0 Å². The Morgan fingerprint density at radius 3 is 2.00 bits per heavy atom. The molecule has 2 nitrogen and oxygen atoms in total. The van der Waals surface area contributed by atoms with Crippen molar-refractivity contribution in [2.45, 2.75) is 38.0 Å². The van der Waals surface area contributed by atoms with Gasteiger partial charge in [-0.15, -0.1) is 0 Å². The second-order valence-electron chi connectivity index (χ2n) is 7.43. The highest BCUT2D eigenvalue weighted by molar-refractivity contribution is 6.02. The number of benzene rings is 2. The normalized spacial score (nSPS) is 16.6. The fourth-order valence-corrected chi connectivity index (χ4v) is 3.66. The molecule has 0 aromatic heterocycles. The van der Waals surface area contributed by atoms with Crippen LogP contribution in [0.15, 0.2) is 47.5 Å². The van der Waals surface area contributed by atoms with Gasteiger partial charge in [-0.05, 0) is 32.0 Å². The number of halogens is 6. The topological polar surface area (TPSA) is 15.4 Å². The smallest absolute Gasteiger partial charge is 0.261 e. The van der Waals surface area contributed by atoms with Crippen LogP contribution in [-0.2, 0) is 17.8 Å². The molecule has 2 aromatic rings. The molecule has 0 radical (unpaired) electrons. The summed E-state index contributed by atoms with van der Waals surface area (Å²) < 4.78 is 79.9. The first kappa shape index (κ1) is 21.1. The van der Waals surface area contributed by atoms with E-state index in [-0.39, 0.29) is 23.6 Å². The van der Waals surface area contributed by atoms with Crippen molar-refractivity contribution < 1.29 is 30.9 Å². The Balaban J connectivity index is 1.92. The summed E-state index contributed by atoms with van der Waals surface area (Å²) >= 11 is 0. The third-order valence-electron chi connectivity index (χ3n) is 5.16.